The highest BCUT2D eigenvalue weighted by molar-refractivity contribution is 6.30. The molecule has 0 amide bonds. The highest BCUT2D eigenvalue weighted by Crippen LogP contribution is 2.16. The standard InChI is InChI=1S/C16H21ClN4O/c17-15-4-2-14(3-5-15)10-20-9-7-18-11-16(22,12-20)13-21-8-1-6-19-21/h1-6,8,18,22H,7,9-13H2/t16-/m1/s1. The molecule has 2 aromatic rings. The third kappa shape index (κ3) is 4.08. The number of nitrogens with one attached hydrogen (secondary N) is 1. The zero-order chi connectivity index (χ0) is 15.4. The maximum Gasteiger partial charge on any atom is 0.109 e. The second-order valence-electron chi connectivity index (χ2n) is 5.94. The molecular weight excluding hydrogens is 300 g/mol. The molecule has 1 aromatic heterocycles. The van der Waals surface area contributed by atoms with Gasteiger partial charge in [0.1, 0.15) is 5.60 Å². The fourth-order valence-electron chi connectivity index (χ4n) is 2.89. The van der Waals surface area contributed by atoms with Gasteiger partial charge >= 0.3 is 0 Å². The predicted octanol–water partition coefficient (Wildman–Crippen LogP) is 1.37. The second-order valence-corrected chi connectivity index (χ2v) is 6.38. The number of β-amino-alcohol motifs (C(OH)–C–C–N with tert-alkyl or cyclic N) is 1. The average Bonchev–Trinajstić information content (AvgIpc) is 2.91. The first-order valence-corrected chi connectivity index (χ1v) is 7.88. The Morgan fingerprint density at radius 3 is 2.86 bits per heavy atom. The first-order chi connectivity index (χ1) is 10.6. The van der Waals surface area contributed by atoms with Gasteiger partial charge in [-0.1, -0.05) is 23.7 Å². The Kier molecular flexibility index (Phi) is 4.78. The van der Waals surface area contributed by atoms with Gasteiger partial charge in [-0.15, -0.1) is 0 Å². The molecule has 0 unspecified atom stereocenters. The van der Waals surface area contributed by atoms with Crippen molar-refractivity contribution in [3.63, 3.8) is 0 Å². The molecule has 1 atom stereocenters. The minimum absolute atomic E-state index is 0.490. The molecule has 1 aliphatic heterocycles. The highest BCUT2D eigenvalue weighted by Gasteiger charge is 2.32. The van der Waals surface area contributed by atoms with E-state index in [1.54, 1.807) is 10.9 Å². The summed E-state index contributed by atoms with van der Waals surface area (Å²) < 4.78 is 1.79. The van der Waals surface area contributed by atoms with Crippen molar-refractivity contribution in [1.82, 2.24) is 20.0 Å². The molecule has 2 N–H and O–H groups in total. The zero-order valence-corrected chi connectivity index (χ0v) is 13.2. The number of halogens is 1. The van der Waals surface area contributed by atoms with Gasteiger partial charge in [0.15, 0.2) is 0 Å². The number of hydrogen-bond acceptors (Lipinski definition) is 4. The number of rotatable bonds is 4. The van der Waals surface area contributed by atoms with Crippen LogP contribution in [0.3, 0.4) is 0 Å². The van der Waals surface area contributed by atoms with Crippen molar-refractivity contribution < 1.29 is 5.11 Å². The molecular formula is C16H21ClN4O. The van der Waals surface area contributed by atoms with Crippen LogP contribution >= 0.6 is 11.6 Å². The Balaban J connectivity index is 1.67. The van der Waals surface area contributed by atoms with Crippen LogP contribution in [0.25, 0.3) is 0 Å². The molecule has 0 spiro atoms. The summed E-state index contributed by atoms with van der Waals surface area (Å²) >= 11 is 5.93. The molecule has 1 aromatic carbocycles. The smallest absolute Gasteiger partial charge is 0.109 e. The van der Waals surface area contributed by atoms with Crippen LogP contribution < -0.4 is 5.32 Å². The minimum Gasteiger partial charge on any atom is -0.385 e. The van der Waals surface area contributed by atoms with Crippen LogP contribution in [0.4, 0.5) is 0 Å². The summed E-state index contributed by atoms with van der Waals surface area (Å²) in [7, 11) is 0. The summed E-state index contributed by atoms with van der Waals surface area (Å²) in [4.78, 5) is 2.27. The van der Waals surface area contributed by atoms with E-state index < -0.39 is 5.60 Å². The van der Waals surface area contributed by atoms with Crippen molar-refractivity contribution >= 4 is 11.6 Å². The molecule has 22 heavy (non-hydrogen) atoms. The summed E-state index contributed by atoms with van der Waals surface area (Å²) in [6.07, 6.45) is 3.62. The van der Waals surface area contributed by atoms with Gasteiger partial charge < -0.3 is 10.4 Å². The number of hydrogen-bond donors (Lipinski definition) is 2. The van der Waals surface area contributed by atoms with Crippen LogP contribution in [0, 0.1) is 0 Å². The quantitative estimate of drug-likeness (QED) is 0.893. The van der Waals surface area contributed by atoms with Gasteiger partial charge in [-0.25, -0.2) is 0 Å². The van der Waals surface area contributed by atoms with E-state index in [9.17, 15) is 5.11 Å². The average molecular weight is 321 g/mol. The van der Waals surface area contributed by atoms with E-state index in [-0.39, 0.29) is 0 Å². The van der Waals surface area contributed by atoms with Crippen molar-refractivity contribution in [2.75, 3.05) is 26.2 Å². The highest BCUT2D eigenvalue weighted by atomic mass is 35.5. The van der Waals surface area contributed by atoms with E-state index in [4.69, 9.17) is 11.6 Å². The van der Waals surface area contributed by atoms with Crippen LogP contribution in [-0.2, 0) is 13.1 Å². The van der Waals surface area contributed by atoms with Gasteiger partial charge in [0.25, 0.3) is 0 Å². The molecule has 0 saturated carbocycles. The summed E-state index contributed by atoms with van der Waals surface area (Å²) in [5.41, 5.74) is 0.377. The van der Waals surface area contributed by atoms with E-state index in [1.165, 1.54) is 5.56 Å². The Labute approximate surface area is 135 Å². The molecule has 2 heterocycles. The Morgan fingerprint density at radius 1 is 1.32 bits per heavy atom. The number of benzene rings is 1. The van der Waals surface area contributed by atoms with Crippen molar-refractivity contribution in [2.24, 2.45) is 0 Å². The van der Waals surface area contributed by atoms with E-state index in [2.05, 4.69) is 15.3 Å². The number of aromatic nitrogens is 2. The predicted molar refractivity (Wildman–Crippen MR) is 86.8 cm³/mol. The van der Waals surface area contributed by atoms with Gasteiger partial charge in [0.05, 0.1) is 6.54 Å². The van der Waals surface area contributed by atoms with Crippen molar-refractivity contribution in [3.8, 4) is 0 Å². The molecule has 6 heteroatoms. The molecule has 1 aliphatic rings. The maximum atomic E-state index is 10.9. The second kappa shape index (κ2) is 6.79. The lowest BCUT2D eigenvalue weighted by Crippen LogP contribution is -2.49. The van der Waals surface area contributed by atoms with E-state index in [0.717, 1.165) is 24.7 Å². The molecule has 0 aliphatic carbocycles. The topological polar surface area (TPSA) is 53.3 Å². The minimum atomic E-state index is -0.824. The van der Waals surface area contributed by atoms with Crippen LogP contribution in [-0.4, -0.2) is 51.6 Å². The third-order valence-electron chi connectivity index (χ3n) is 3.91. The summed E-state index contributed by atoms with van der Waals surface area (Å²) in [5, 5.41) is 19.2. The SMILES string of the molecule is O[C@]1(Cn2cccn2)CNCCN(Cc2ccc(Cl)cc2)C1. The first kappa shape index (κ1) is 15.5. The van der Waals surface area contributed by atoms with Gasteiger partial charge in [0.2, 0.25) is 0 Å². The maximum absolute atomic E-state index is 10.9. The lowest BCUT2D eigenvalue weighted by molar-refractivity contribution is -0.00259. The Bertz CT molecular complexity index is 587. The van der Waals surface area contributed by atoms with Gasteiger partial charge in [-0.3, -0.25) is 9.58 Å². The van der Waals surface area contributed by atoms with E-state index in [1.807, 2.05) is 36.5 Å². The van der Waals surface area contributed by atoms with E-state index >= 15 is 0 Å². The summed E-state index contributed by atoms with van der Waals surface area (Å²) in [6, 6.07) is 9.76. The van der Waals surface area contributed by atoms with Crippen LogP contribution in [0.5, 0.6) is 0 Å². The first-order valence-electron chi connectivity index (χ1n) is 7.50. The molecule has 118 valence electrons. The van der Waals surface area contributed by atoms with Gasteiger partial charge in [-0.2, -0.15) is 5.10 Å². The largest absolute Gasteiger partial charge is 0.385 e. The number of nitrogens with zero attached hydrogens (tertiary/aromatic N) is 3. The van der Waals surface area contributed by atoms with Crippen molar-refractivity contribution in [2.45, 2.75) is 18.7 Å². The Hall–Kier alpha value is -1.40. The summed E-state index contributed by atoms with van der Waals surface area (Å²) in [6.45, 7) is 4.26. The van der Waals surface area contributed by atoms with Crippen LogP contribution in [0.1, 0.15) is 5.56 Å². The van der Waals surface area contributed by atoms with Crippen molar-refractivity contribution in [3.05, 3.63) is 53.3 Å². The zero-order valence-electron chi connectivity index (χ0n) is 12.5. The summed E-state index contributed by atoms with van der Waals surface area (Å²) in [5.74, 6) is 0. The molecule has 0 radical (unpaired) electrons. The lowest BCUT2D eigenvalue weighted by Gasteiger charge is -2.31. The van der Waals surface area contributed by atoms with Crippen LogP contribution in [0.15, 0.2) is 42.7 Å². The molecule has 3 rings (SSSR count). The fraction of sp³-hybridized carbons (Fsp3) is 0.438. The van der Waals surface area contributed by atoms with Gasteiger partial charge in [-0.05, 0) is 23.8 Å². The molecule has 1 fully saturated rings. The third-order valence-corrected chi connectivity index (χ3v) is 4.16. The van der Waals surface area contributed by atoms with Crippen LogP contribution in [0.2, 0.25) is 5.02 Å². The van der Waals surface area contributed by atoms with E-state index in [0.29, 0.717) is 19.6 Å². The monoisotopic (exact) mass is 320 g/mol. The van der Waals surface area contributed by atoms with Gasteiger partial charge in [0, 0.05) is 50.1 Å². The lowest BCUT2D eigenvalue weighted by atomic mass is 10.0. The molecule has 0 bridgehead atoms. The molecule has 5 nitrogen and oxygen atoms in total. The normalized spacial score (nSPS) is 23.4. The molecule has 1 saturated heterocycles. The fourth-order valence-corrected chi connectivity index (χ4v) is 3.02. The van der Waals surface area contributed by atoms with Crippen molar-refractivity contribution in [1.29, 1.82) is 0 Å². The number of aliphatic hydroxyl groups is 1. The Morgan fingerprint density at radius 2 is 2.14 bits per heavy atom.